The molecule has 1 aliphatic rings. The molecule has 1 aliphatic carbocycles. The highest BCUT2D eigenvalue weighted by atomic mass is 16.4. The molecule has 3 unspecified atom stereocenters. The van der Waals surface area contributed by atoms with Gasteiger partial charge in [-0.15, -0.1) is 0 Å². The normalized spacial score (nSPS) is 25.1. The minimum absolute atomic E-state index is 0.0974. The molecule has 0 spiro atoms. The average molecular weight is 242 g/mol. The first kappa shape index (κ1) is 13.5. The van der Waals surface area contributed by atoms with Gasteiger partial charge in [0.25, 0.3) is 0 Å². The topological polar surface area (TPSA) is 95.5 Å². The Balaban J connectivity index is 2.37. The van der Waals surface area contributed by atoms with Gasteiger partial charge in [0.2, 0.25) is 11.8 Å². The fourth-order valence-corrected chi connectivity index (χ4v) is 2.03. The van der Waals surface area contributed by atoms with Crippen molar-refractivity contribution in [3.05, 3.63) is 0 Å². The molecule has 1 saturated carbocycles. The van der Waals surface area contributed by atoms with Crippen molar-refractivity contribution in [1.82, 2.24) is 10.6 Å². The minimum atomic E-state index is -0.809. The third-order valence-electron chi connectivity index (χ3n) is 2.94. The fraction of sp³-hybridized carbons (Fsp3) is 0.727. The molecule has 1 fully saturated rings. The molecule has 6 heteroatoms. The summed E-state index contributed by atoms with van der Waals surface area (Å²) in [5.74, 6) is -1.70. The van der Waals surface area contributed by atoms with Gasteiger partial charge in [-0.1, -0.05) is 0 Å². The number of hydrogen-bond donors (Lipinski definition) is 3. The third-order valence-corrected chi connectivity index (χ3v) is 2.94. The number of hydrogen-bond acceptors (Lipinski definition) is 3. The summed E-state index contributed by atoms with van der Waals surface area (Å²) in [6, 6.07) is -0.684. The summed E-state index contributed by atoms with van der Waals surface area (Å²) < 4.78 is 0. The van der Waals surface area contributed by atoms with E-state index in [-0.39, 0.29) is 23.8 Å². The van der Waals surface area contributed by atoms with Crippen LogP contribution in [0.25, 0.3) is 0 Å². The first-order valence-electron chi connectivity index (χ1n) is 5.70. The van der Waals surface area contributed by atoms with Crippen LogP contribution in [0.3, 0.4) is 0 Å². The predicted octanol–water partition coefficient (Wildman–Crippen LogP) is -0.119. The molecule has 3 atom stereocenters. The lowest BCUT2D eigenvalue weighted by molar-refractivity contribution is -0.141. The zero-order chi connectivity index (χ0) is 13.0. The van der Waals surface area contributed by atoms with Crippen LogP contribution in [0.2, 0.25) is 0 Å². The number of aliphatic carboxylic acids is 1. The lowest BCUT2D eigenvalue weighted by Crippen LogP contribution is -2.47. The van der Waals surface area contributed by atoms with Crippen LogP contribution in [0, 0.1) is 5.92 Å². The molecule has 6 nitrogen and oxygen atoms in total. The predicted molar refractivity (Wildman–Crippen MR) is 60.2 cm³/mol. The number of nitrogens with one attached hydrogen (secondary N) is 2. The number of rotatable bonds is 4. The van der Waals surface area contributed by atoms with Gasteiger partial charge in [-0.2, -0.15) is 0 Å². The summed E-state index contributed by atoms with van der Waals surface area (Å²) in [4.78, 5) is 33.1. The second kappa shape index (κ2) is 5.65. The Morgan fingerprint density at radius 1 is 1.29 bits per heavy atom. The van der Waals surface area contributed by atoms with Crippen molar-refractivity contribution in [1.29, 1.82) is 0 Å². The van der Waals surface area contributed by atoms with E-state index in [1.807, 2.05) is 0 Å². The van der Waals surface area contributed by atoms with E-state index in [1.165, 1.54) is 6.92 Å². The first-order valence-corrected chi connectivity index (χ1v) is 5.70. The quantitative estimate of drug-likeness (QED) is 0.640. The number of carbonyl (C=O) groups is 3. The molecular formula is C11H18N2O4. The SMILES string of the molecule is CC(=O)NC(C)C(=O)NC1CCC(C(=O)O)C1. The summed E-state index contributed by atoms with van der Waals surface area (Å²) in [6.45, 7) is 2.94. The van der Waals surface area contributed by atoms with Crippen LogP contribution in [0.15, 0.2) is 0 Å². The molecule has 0 aromatic heterocycles. The van der Waals surface area contributed by atoms with Gasteiger partial charge in [0.1, 0.15) is 6.04 Å². The first-order chi connectivity index (χ1) is 7.90. The van der Waals surface area contributed by atoms with Crippen molar-refractivity contribution < 1.29 is 19.5 Å². The zero-order valence-electron chi connectivity index (χ0n) is 10.0. The maximum Gasteiger partial charge on any atom is 0.306 e. The van der Waals surface area contributed by atoms with Gasteiger partial charge in [0, 0.05) is 13.0 Å². The van der Waals surface area contributed by atoms with Gasteiger partial charge in [0.15, 0.2) is 0 Å². The average Bonchev–Trinajstić information content (AvgIpc) is 2.65. The van der Waals surface area contributed by atoms with E-state index >= 15 is 0 Å². The lowest BCUT2D eigenvalue weighted by Gasteiger charge is -2.17. The molecule has 0 radical (unpaired) electrons. The van der Waals surface area contributed by atoms with Crippen LogP contribution in [0.5, 0.6) is 0 Å². The molecular weight excluding hydrogens is 224 g/mol. The minimum Gasteiger partial charge on any atom is -0.481 e. The van der Waals surface area contributed by atoms with Crippen molar-refractivity contribution in [2.75, 3.05) is 0 Å². The fourth-order valence-electron chi connectivity index (χ4n) is 2.03. The standard InChI is InChI=1S/C11H18N2O4/c1-6(12-7(2)14)10(15)13-9-4-3-8(5-9)11(16)17/h6,8-9H,3-5H2,1-2H3,(H,12,14)(H,13,15)(H,16,17). The smallest absolute Gasteiger partial charge is 0.306 e. The van der Waals surface area contributed by atoms with E-state index in [9.17, 15) is 14.4 Å². The Labute approximate surface area is 99.8 Å². The van der Waals surface area contributed by atoms with Crippen molar-refractivity contribution in [2.24, 2.45) is 5.92 Å². The zero-order valence-corrected chi connectivity index (χ0v) is 10.0. The second-order valence-corrected chi connectivity index (χ2v) is 4.48. The largest absolute Gasteiger partial charge is 0.481 e. The summed E-state index contributed by atoms with van der Waals surface area (Å²) >= 11 is 0. The maximum absolute atomic E-state index is 11.6. The highest BCUT2D eigenvalue weighted by Crippen LogP contribution is 2.25. The maximum atomic E-state index is 11.6. The van der Waals surface area contributed by atoms with E-state index in [4.69, 9.17) is 5.11 Å². The van der Waals surface area contributed by atoms with Gasteiger partial charge >= 0.3 is 5.97 Å². The van der Waals surface area contributed by atoms with Gasteiger partial charge in [-0.3, -0.25) is 14.4 Å². The van der Waals surface area contributed by atoms with E-state index in [0.717, 1.165) is 0 Å². The van der Waals surface area contributed by atoms with E-state index in [1.54, 1.807) is 6.92 Å². The number of amides is 2. The summed E-state index contributed by atoms with van der Waals surface area (Å²) in [6.07, 6.45) is 1.73. The van der Waals surface area contributed by atoms with Crippen LogP contribution in [0.4, 0.5) is 0 Å². The monoisotopic (exact) mass is 242 g/mol. The van der Waals surface area contributed by atoms with Crippen molar-refractivity contribution in [3.63, 3.8) is 0 Å². The van der Waals surface area contributed by atoms with E-state index in [2.05, 4.69) is 10.6 Å². The molecule has 17 heavy (non-hydrogen) atoms. The number of carboxylic acids is 1. The molecule has 0 bridgehead atoms. The molecule has 0 aliphatic heterocycles. The van der Waals surface area contributed by atoms with Gasteiger partial charge in [0.05, 0.1) is 5.92 Å². The molecule has 2 amide bonds. The molecule has 0 saturated heterocycles. The second-order valence-electron chi connectivity index (χ2n) is 4.48. The highest BCUT2D eigenvalue weighted by Gasteiger charge is 2.31. The van der Waals surface area contributed by atoms with Crippen LogP contribution < -0.4 is 10.6 Å². The van der Waals surface area contributed by atoms with Crippen LogP contribution in [-0.2, 0) is 14.4 Å². The highest BCUT2D eigenvalue weighted by molar-refractivity contribution is 5.86. The van der Waals surface area contributed by atoms with Gasteiger partial charge < -0.3 is 15.7 Å². The summed E-state index contributed by atoms with van der Waals surface area (Å²) in [5.41, 5.74) is 0. The number of carbonyl (C=O) groups excluding carboxylic acids is 2. The van der Waals surface area contributed by atoms with Crippen LogP contribution in [-0.4, -0.2) is 35.0 Å². The van der Waals surface area contributed by atoms with E-state index in [0.29, 0.717) is 19.3 Å². The van der Waals surface area contributed by atoms with Crippen LogP contribution >= 0.6 is 0 Å². The van der Waals surface area contributed by atoms with E-state index < -0.39 is 12.0 Å². The van der Waals surface area contributed by atoms with Crippen molar-refractivity contribution >= 4 is 17.8 Å². The Morgan fingerprint density at radius 3 is 2.41 bits per heavy atom. The Morgan fingerprint density at radius 2 is 1.94 bits per heavy atom. The Hall–Kier alpha value is -1.59. The summed E-state index contributed by atoms with van der Waals surface area (Å²) in [5, 5.41) is 14.1. The lowest BCUT2D eigenvalue weighted by atomic mass is 10.1. The van der Waals surface area contributed by atoms with Crippen molar-refractivity contribution in [2.45, 2.75) is 45.2 Å². The molecule has 0 aromatic rings. The van der Waals surface area contributed by atoms with Crippen LogP contribution in [0.1, 0.15) is 33.1 Å². The molecule has 1 rings (SSSR count). The molecule has 96 valence electrons. The molecule has 3 N–H and O–H groups in total. The van der Waals surface area contributed by atoms with Gasteiger partial charge in [-0.25, -0.2) is 0 Å². The third kappa shape index (κ3) is 4.05. The molecule has 0 aromatic carbocycles. The molecule has 0 heterocycles. The van der Waals surface area contributed by atoms with Crippen molar-refractivity contribution in [3.8, 4) is 0 Å². The Kier molecular flexibility index (Phi) is 4.48. The summed E-state index contributed by atoms with van der Waals surface area (Å²) in [7, 11) is 0. The van der Waals surface area contributed by atoms with Gasteiger partial charge in [-0.05, 0) is 26.2 Å². The Bertz CT molecular complexity index is 329. The number of carboxylic acid groups (broad SMARTS) is 1.